The first kappa shape index (κ1) is 16.0. The second-order valence-electron chi connectivity index (χ2n) is 5.10. The number of hydrogen-bond donors (Lipinski definition) is 0. The highest BCUT2D eigenvalue weighted by molar-refractivity contribution is 7.99. The van der Waals surface area contributed by atoms with Crippen molar-refractivity contribution in [1.29, 1.82) is 5.26 Å². The lowest BCUT2D eigenvalue weighted by Gasteiger charge is -2.07. The molecule has 0 aliphatic rings. The predicted octanol–water partition coefficient (Wildman–Crippen LogP) is 6.04. The highest BCUT2D eigenvalue weighted by atomic mass is 32.2. The summed E-state index contributed by atoms with van der Waals surface area (Å²) in [5, 5.41) is 9.45. The largest absolute Gasteiger partial charge is 0.206 e. The maximum absolute atomic E-state index is 14.0. The van der Waals surface area contributed by atoms with Crippen LogP contribution in [0.1, 0.15) is 11.1 Å². The van der Waals surface area contributed by atoms with Gasteiger partial charge in [0.1, 0.15) is 5.82 Å². The first-order valence-corrected chi connectivity index (χ1v) is 8.28. The molecule has 0 N–H and O–H groups in total. The Hall–Kier alpha value is -2.83. The molecule has 0 unspecified atom stereocenters. The third kappa shape index (κ3) is 3.73. The van der Waals surface area contributed by atoms with Crippen molar-refractivity contribution in [3.63, 3.8) is 0 Å². The van der Waals surface area contributed by atoms with E-state index in [9.17, 15) is 9.65 Å². The summed E-state index contributed by atoms with van der Waals surface area (Å²) in [7, 11) is 0. The van der Waals surface area contributed by atoms with E-state index in [-0.39, 0.29) is 0 Å². The number of halogens is 1. The number of nitrogens with zero attached hydrogens (tertiary/aromatic N) is 1. The molecule has 3 rings (SSSR count). The monoisotopic (exact) mass is 331 g/mol. The molecule has 0 saturated heterocycles. The van der Waals surface area contributed by atoms with E-state index in [2.05, 4.69) is 6.07 Å². The van der Waals surface area contributed by atoms with Crippen LogP contribution in [0.2, 0.25) is 0 Å². The zero-order valence-electron chi connectivity index (χ0n) is 12.8. The van der Waals surface area contributed by atoms with Crippen molar-refractivity contribution in [3.8, 4) is 6.07 Å². The minimum atomic E-state index is -0.390. The Balaban J connectivity index is 2.00. The van der Waals surface area contributed by atoms with Gasteiger partial charge in [0.15, 0.2) is 0 Å². The average molecular weight is 331 g/mol. The molecular formula is C21H14FNS. The number of hydrogen-bond acceptors (Lipinski definition) is 2. The van der Waals surface area contributed by atoms with Crippen molar-refractivity contribution in [2.45, 2.75) is 9.79 Å². The van der Waals surface area contributed by atoms with Crippen LogP contribution in [0.3, 0.4) is 0 Å². The van der Waals surface area contributed by atoms with Crippen LogP contribution in [0.15, 0.2) is 88.7 Å². The fourth-order valence-electron chi connectivity index (χ4n) is 2.31. The van der Waals surface area contributed by atoms with Gasteiger partial charge in [-0.05, 0) is 35.9 Å². The SMILES string of the molecule is N#CC(=Cc1ccccc1Sc1ccccc1)c1ccccc1F. The third-order valence-electron chi connectivity index (χ3n) is 3.47. The maximum Gasteiger partial charge on any atom is 0.131 e. The molecular weight excluding hydrogens is 317 g/mol. The fraction of sp³-hybridized carbons (Fsp3) is 0. The van der Waals surface area contributed by atoms with E-state index in [0.29, 0.717) is 11.1 Å². The maximum atomic E-state index is 14.0. The Morgan fingerprint density at radius 1 is 0.875 bits per heavy atom. The van der Waals surface area contributed by atoms with Gasteiger partial charge in [0, 0.05) is 15.4 Å². The zero-order chi connectivity index (χ0) is 16.8. The van der Waals surface area contributed by atoms with Crippen LogP contribution in [-0.2, 0) is 0 Å². The number of rotatable bonds is 4. The van der Waals surface area contributed by atoms with Crippen molar-refractivity contribution in [3.05, 3.63) is 95.8 Å². The van der Waals surface area contributed by atoms with E-state index in [1.165, 1.54) is 6.07 Å². The minimum absolute atomic E-state index is 0.314. The summed E-state index contributed by atoms with van der Waals surface area (Å²) in [5.74, 6) is -0.390. The van der Waals surface area contributed by atoms with E-state index in [1.54, 1.807) is 36.0 Å². The normalized spacial score (nSPS) is 11.1. The molecule has 24 heavy (non-hydrogen) atoms. The summed E-state index contributed by atoms with van der Waals surface area (Å²) in [6.45, 7) is 0. The predicted molar refractivity (Wildman–Crippen MR) is 96.9 cm³/mol. The van der Waals surface area contributed by atoms with Gasteiger partial charge in [-0.2, -0.15) is 5.26 Å². The van der Waals surface area contributed by atoms with Crippen LogP contribution in [0.4, 0.5) is 4.39 Å². The summed E-state index contributed by atoms with van der Waals surface area (Å²) in [6.07, 6.45) is 1.74. The van der Waals surface area contributed by atoms with Gasteiger partial charge in [0.25, 0.3) is 0 Å². The quantitative estimate of drug-likeness (QED) is 0.430. The summed E-state index contributed by atoms with van der Waals surface area (Å²) in [6, 6.07) is 26.3. The fourth-order valence-corrected chi connectivity index (χ4v) is 3.25. The van der Waals surface area contributed by atoms with Crippen LogP contribution < -0.4 is 0 Å². The average Bonchev–Trinajstić information content (AvgIpc) is 2.63. The zero-order valence-corrected chi connectivity index (χ0v) is 13.6. The van der Waals surface area contributed by atoms with Gasteiger partial charge < -0.3 is 0 Å². The van der Waals surface area contributed by atoms with Crippen molar-refractivity contribution in [1.82, 2.24) is 0 Å². The first-order valence-electron chi connectivity index (χ1n) is 7.46. The molecule has 0 heterocycles. The molecule has 3 aromatic carbocycles. The van der Waals surface area contributed by atoms with Crippen LogP contribution >= 0.6 is 11.8 Å². The summed E-state index contributed by atoms with van der Waals surface area (Å²) in [5.41, 5.74) is 1.53. The molecule has 0 spiro atoms. The van der Waals surface area contributed by atoms with E-state index < -0.39 is 5.82 Å². The minimum Gasteiger partial charge on any atom is -0.206 e. The van der Waals surface area contributed by atoms with Gasteiger partial charge >= 0.3 is 0 Å². The van der Waals surface area contributed by atoms with E-state index in [4.69, 9.17) is 0 Å². The second kappa shape index (κ2) is 7.63. The van der Waals surface area contributed by atoms with Crippen molar-refractivity contribution < 1.29 is 4.39 Å². The second-order valence-corrected chi connectivity index (χ2v) is 6.22. The van der Waals surface area contributed by atoms with Gasteiger partial charge in [-0.3, -0.25) is 0 Å². The summed E-state index contributed by atoms with van der Waals surface area (Å²) >= 11 is 1.62. The van der Waals surface area contributed by atoms with Crippen LogP contribution in [0.25, 0.3) is 11.6 Å². The first-order chi connectivity index (χ1) is 11.8. The van der Waals surface area contributed by atoms with Crippen molar-refractivity contribution in [2.75, 3.05) is 0 Å². The Labute approximate surface area is 145 Å². The van der Waals surface area contributed by atoms with Crippen LogP contribution in [-0.4, -0.2) is 0 Å². The molecule has 0 aliphatic carbocycles. The summed E-state index contributed by atoms with van der Waals surface area (Å²) in [4.78, 5) is 2.13. The van der Waals surface area contributed by atoms with Crippen LogP contribution in [0.5, 0.6) is 0 Å². The van der Waals surface area contributed by atoms with Gasteiger partial charge in [-0.1, -0.05) is 66.4 Å². The molecule has 0 atom stereocenters. The molecule has 0 bridgehead atoms. The molecule has 0 aliphatic heterocycles. The van der Waals surface area contributed by atoms with E-state index in [0.717, 1.165) is 15.4 Å². The smallest absolute Gasteiger partial charge is 0.131 e. The van der Waals surface area contributed by atoms with Crippen molar-refractivity contribution in [2.24, 2.45) is 0 Å². The molecule has 0 aromatic heterocycles. The lowest BCUT2D eigenvalue weighted by molar-refractivity contribution is 0.624. The molecule has 0 radical (unpaired) electrons. The molecule has 116 valence electrons. The van der Waals surface area contributed by atoms with E-state index >= 15 is 0 Å². The molecule has 3 aromatic rings. The lowest BCUT2D eigenvalue weighted by atomic mass is 10.0. The number of benzene rings is 3. The molecule has 0 fully saturated rings. The topological polar surface area (TPSA) is 23.8 Å². The van der Waals surface area contributed by atoms with Gasteiger partial charge in [0.2, 0.25) is 0 Å². The molecule has 0 amide bonds. The Kier molecular flexibility index (Phi) is 5.10. The number of allylic oxidation sites excluding steroid dienone is 1. The molecule has 0 saturated carbocycles. The summed E-state index contributed by atoms with van der Waals surface area (Å²) < 4.78 is 14.0. The molecule has 1 nitrogen and oxygen atoms in total. The van der Waals surface area contributed by atoms with Gasteiger partial charge in [-0.25, -0.2) is 4.39 Å². The van der Waals surface area contributed by atoms with Crippen molar-refractivity contribution >= 4 is 23.4 Å². The Morgan fingerprint density at radius 2 is 1.54 bits per heavy atom. The standard InChI is InChI=1S/C21H14FNS/c22-20-12-6-5-11-19(20)17(15-23)14-16-8-4-7-13-21(16)24-18-9-2-1-3-10-18/h1-14H. The highest BCUT2D eigenvalue weighted by Crippen LogP contribution is 2.32. The van der Waals surface area contributed by atoms with Gasteiger partial charge in [-0.15, -0.1) is 0 Å². The van der Waals surface area contributed by atoms with Crippen LogP contribution in [0, 0.1) is 17.1 Å². The Morgan fingerprint density at radius 3 is 2.29 bits per heavy atom. The van der Waals surface area contributed by atoms with E-state index in [1.807, 2.05) is 54.6 Å². The lowest BCUT2D eigenvalue weighted by Crippen LogP contribution is -1.88. The third-order valence-corrected chi connectivity index (χ3v) is 4.57. The Bertz CT molecular complexity index is 910. The highest BCUT2D eigenvalue weighted by Gasteiger charge is 2.09. The molecule has 3 heteroatoms. The van der Waals surface area contributed by atoms with Gasteiger partial charge in [0.05, 0.1) is 11.6 Å². The number of nitriles is 1.